The minimum atomic E-state index is 0.548. The molecular weight excluding hydrogens is 287 g/mol. The highest BCUT2D eigenvalue weighted by atomic mass is 35.5. The van der Waals surface area contributed by atoms with E-state index >= 15 is 0 Å². The van der Waals surface area contributed by atoms with Gasteiger partial charge in [-0.1, -0.05) is 41.4 Å². The zero-order valence-corrected chi connectivity index (χ0v) is 11.9. The van der Waals surface area contributed by atoms with Crippen LogP contribution in [0.4, 0.5) is 0 Å². The van der Waals surface area contributed by atoms with E-state index in [1.54, 1.807) is 30.0 Å². The molecule has 0 radical (unpaired) electrons. The average Bonchev–Trinajstić information content (AvgIpc) is 2.38. The third-order valence-corrected chi connectivity index (χ3v) is 3.75. The first-order valence-electron chi connectivity index (χ1n) is 5.51. The Hall–Kier alpha value is -0.830. The van der Waals surface area contributed by atoms with Crippen molar-refractivity contribution < 1.29 is 4.74 Å². The van der Waals surface area contributed by atoms with Gasteiger partial charge in [-0.25, -0.2) is 0 Å². The van der Waals surface area contributed by atoms with Crippen LogP contribution in [-0.2, 0) is 0 Å². The number of benzene rings is 2. The summed E-state index contributed by atoms with van der Waals surface area (Å²) in [5, 5.41) is 1.17. The second kappa shape index (κ2) is 6.93. The van der Waals surface area contributed by atoms with Crippen LogP contribution in [0.1, 0.15) is 0 Å². The summed E-state index contributed by atoms with van der Waals surface area (Å²) in [6.45, 7) is 0.612. The molecule has 1 nitrogen and oxygen atoms in total. The van der Waals surface area contributed by atoms with Crippen molar-refractivity contribution in [3.63, 3.8) is 0 Å². The van der Waals surface area contributed by atoms with Crippen LogP contribution in [0.15, 0.2) is 53.4 Å². The zero-order valence-electron chi connectivity index (χ0n) is 9.61. The molecule has 2 rings (SSSR count). The Kier molecular flexibility index (Phi) is 5.24. The van der Waals surface area contributed by atoms with Gasteiger partial charge in [0.2, 0.25) is 0 Å². The van der Waals surface area contributed by atoms with Crippen molar-refractivity contribution in [2.45, 2.75) is 4.90 Å². The van der Waals surface area contributed by atoms with Crippen LogP contribution in [-0.4, -0.2) is 12.4 Å². The fraction of sp³-hybridized carbons (Fsp3) is 0.143. The molecule has 0 unspecified atom stereocenters. The third-order valence-electron chi connectivity index (χ3n) is 2.25. The van der Waals surface area contributed by atoms with E-state index in [0.717, 1.165) is 5.75 Å². The fourth-order valence-corrected chi connectivity index (χ4v) is 2.64. The van der Waals surface area contributed by atoms with Gasteiger partial charge >= 0.3 is 0 Å². The van der Waals surface area contributed by atoms with Gasteiger partial charge in [0, 0.05) is 15.7 Å². The van der Waals surface area contributed by atoms with Crippen LogP contribution < -0.4 is 4.74 Å². The molecule has 2 aromatic carbocycles. The van der Waals surface area contributed by atoms with Crippen molar-refractivity contribution in [1.29, 1.82) is 0 Å². The predicted molar refractivity (Wildman–Crippen MR) is 79.1 cm³/mol. The maximum atomic E-state index is 6.01. The SMILES string of the molecule is Clc1ccc(OCCSc2ccccc2)c(Cl)c1. The van der Waals surface area contributed by atoms with Crippen molar-refractivity contribution in [2.75, 3.05) is 12.4 Å². The van der Waals surface area contributed by atoms with Crippen molar-refractivity contribution in [3.05, 3.63) is 58.6 Å². The van der Waals surface area contributed by atoms with Crippen LogP contribution in [0.2, 0.25) is 10.0 Å². The highest BCUT2D eigenvalue weighted by molar-refractivity contribution is 7.99. The number of rotatable bonds is 5. The van der Waals surface area contributed by atoms with Gasteiger partial charge in [0.15, 0.2) is 0 Å². The van der Waals surface area contributed by atoms with Gasteiger partial charge in [-0.05, 0) is 30.3 Å². The summed E-state index contributed by atoms with van der Waals surface area (Å²) in [4.78, 5) is 1.24. The summed E-state index contributed by atoms with van der Waals surface area (Å²) in [6.07, 6.45) is 0. The van der Waals surface area contributed by atoms with E-state index in [0.29, 0.717) is 22.4 Å². The van der Waals surface area contributed by atoms with E-state index in [9.17, 15) is 0 Å². The Balaban J connectivity index is 1.79. The molecule has 0 spiro atoms. The minimum absolute atomic E-state index is 0.548. The maximum Gasteiger partial charge on any atom is 0.138 e. The van der Waals surface area contributed by atoms with Gasteiger partial charge < -0.3 is 4.74 Å². The standard InChI is InChI=1S/C14H12Cl2OS/c15-11-6-7-14(13(16)10-11)17-8-9-18-12-4-2-1-3-5-12/h1-7,10H,8-9H2. The molecule has 0 fully saturated rings. The van der Waals surface area contributed by atoms with E-state index in [2.05, 4.69) is 12.1 Å². The van der Waals surface area contributed by atoms with E-state index in [4.69, 9.17) is 27.9 Å². The number of ether oxygens (including phenoxy) is 1. The Morgan fingerprint density at radius 2 is 1.78 bits per heavy atom. The number of hydrogen-bond donors (Lipinski definition) is 0. The lowest BCUT2D eigenvalue weighted by molar-refractivity contribution is 0.344. The molecule has 0 aliphatic heterocycles. The Labute approximate surface area is 121 Å². The topological polar surface area (TPSA) is 9.23 Å². The molecule has 0 atom stereocenters. The first kappa shape index (κ1) is 13.6. The summed E-state index contributed by atoms with van der Waals surface area (Å²) in [5.41, 5.74) is 0. The Morgan fingerprint density at radius 1 is 1.00 bits per heavy atom. The molecule has 0 heterocycles. The first-order valence-corrected chi connectivity index (χ1v) is 7.25. The molecule has 2 aromatic rings. The van der Waals surface area contributed by atoms with Gasteiger partial charge in [0.25, 0.3) is 0 Å². The molecule has 0 N–H and O–H groups in total. The molecule has 0 saturated carbocycles. The number of thioether (sulfide) groups is 1. The first-order chi connectivity index (χ1) is 8.75. The van der Waals surface area contributed by atoms with E-state index < -0.39 is 0 Å². The molecule has 0 aromatic heterocycles. The second-order valence-electron chi connectivity index (χ2n) is 3.58. The van der Waals surface area contributed by atoms with E-state index in [1.807, 2.05) is 18.2 Å². The quantitative estimate of drug-likeness (QED) is 0.557. The van der Waals surface area contributed by atoms with Crippen molar-refractivity contribution >= 4 is 35.0 Å². The van der Waals surface area contributed by atoms with Crippen LogP contribution in [0.3, 0.4) is 0 Å². The summed E-state index contributed by atoms with van der Waals surface area (Å²) >= 11 is 13.6. The third kappa shape index (κ3) is 4.13. The van der Waals surface area contributed by atoms with Gasteiger partial charge in [0.05, 0.1) is 11.6 Å². The lowest BCUT2D eigenvalue weighted by atomic mass is 10.3. The summed E-state index contributed by atoms with van der Waals surface area (Å²) in [5.74, 6) is 1.55. The molecule has 0 aliphatic rings. The number of halogens is 2. The van der Waals surface area contributed by atoms with Gasteiger partial charge in [-0.3, -0.25) is 0 Å². The molecular formula is C14H12Cl2OS. The molecule has 0 amide bonds. The van der Waals surface area contributed by atoms with Crippen LogP contribution >= 0.6 is 35.0 Å². The summed E-state index contributed by atoms with van der Waals surface area (Å²) in [7, 11) is 0. The molecule has 0 aliphatic carbocycles. The van der Waals surface area contributed by atoms with E-state index in [1.165, 1.54) is 4.90 Å². The van der Waals surface area contributed by atoms with Crippen LogP contribution in [0.25, 0.3) is 0 Å². The molecule has 0 saturated heterocycles. The largest absolute Gasteiger partial charge is 0.491 e. The van der Waals surface area contributed by atoms with Crippen molar-refractivity contribution in [3.8, 4) is 5.75 Å². The van der Waals surface area contributed by atoms with Gasteiger partial charge in [-0.2, -0.15) is 0 Å². The van der Waals surface area contributed by atoms with Crippen LogP contribution in [0, 0.1) is 0 Å². The van der Waals surface area contributed by atoms with E-state index in [-0.39, 0.29) is 0 Å². The van der Waals surface area contributed by atoms with Gasteiger partial charge in [0.1, 0.15) is 5.75 Å². The second-order valence-corrected chi connectivity index (χ2v) is 5.60. The highest BCUT2D eigenvalue weighted by Gasteiger charge is 2.02. The molecule has 4 heteroatoms. The fourth-order valence-electron chi connectivity index (χ4n) is 1.42. The molecule has 0 bridgehead atoms. The highest BCUT2D eigenvalue weighted by Crippen LogP contribution is 2.27. The number of hydrogen-bond acceptors (Lipinski definition) is 2. The zero-order chi connectivity index (χ0) is 12.8. The Morgan fingerprint density at radius 3 is 2.50 bits per heavy atom. The smallest absolute Gasteiger partial charge is 0.138 e. The lowest BCUT2D eigenvalue weighted by Crippen LogP contribution is -2.00. The molecule has 18 heavy (non-hydrogen) atoms. The monoisotopic (exact) mass is 298 g/mol. The average molecular weight is 299 g/mol. The predicted octanol–water partition coefficient (Wildman–Crippen LogP) is 5.16. The summed E-state index contributed by atoms with van der Waals surface area (Å²) < 4.78 is 5.60. The van der Waals surface area contributed by atoms with Crippen molar-refractivity contribution in [1.82, 2.24) is 0 Å². The normalized spacial score (nSPS) is 10.3. The van der Waals surface area contributed by atoms with Gasteiger partial charge in [-0.15, -0.1) is 11.8 Å². The van der Waals surface area contributed by atoms with Crippen molar-refractivity contribution in [2.24, 2.45) is 0 Å². The summed E-state index contributed by atoms with van der Waals surface area (Å²) in [6, 6.07) is 15.5. The minimum Gasteiger partial charge on any atom is -0.491 e. The van der Waals surface area contributed by atoms with Crippen LogP contribution in [0.5, 0.6) is 5.75 Å². The maximum absolute atomic E-state index is 6.01. The Bertz CT molecular complexity index is 502. The molecule has 94 valence electrons. The lowest BCUT2D eigenvalue weighted by Gasteiger charge is -2.08.